The molecule has 0 aliphatic rings. The van der Waals surface area contributed by atoms with Crippen LogP contribution in [0, 0.1) is 5.41 Å². The van der Waals surface area contributed by atoms with Crippen LogP contribution in [0.25, 0.3) is 0 Å². The lowest BCUT2D eigenvalue weighted by atomic mass is 9.77. The van der Waals surface area contributed by atoms with Crippen molar-refractivity contribution in [3.63, 3.8) is 0 Å². The van der Waals surface area contributed by atoms with E-state index in [-0.39, 0.29) is 0 Å². The molecule has 0 amide bonds. The molecule has 0 bridgehead atoms. The number of carboxylic acid groups (broad SMARTS) is 1. The smallest absolute Gasteiger partial charge is 0.311 e. The van der Waals surface area contributed by atoms with Gasteiger partial charge in [0.25, 0.3) is 0 Å². The summed E-state index contributed by atoms with van der Waals surface area (Å²) in [5, 5.41) is 9.73. The summed E-state index contributed by atoms with van der Waals surface area (Å²) < 4.78 is 0. The highest BCUT2D eigenvalue weighted by Crippen LogP contribution is 2.36. The van der Waals surface area contributed by atoms with Crippen LogP contribution in [0.5, 0.6) is 0 Å². The van der Waals surface area contributed by atoms with Gasteiger partial charge in [0.2, 0.25) is 0 Å². The van der Waals surface area contributed by atoms with E-state index in [0.29, 0.717) is 11.4 Å². The molecule has 4 heteroatoms. The number of nitrogens with zero attached hydrogens (tertiary/aromatic N) is 2. The summed E-state index contributed by atoms with van der Waals surface area (Å²) in [4.78, 5) is 21.0. The summed E-state index contributed by atoms with van der Waals surface area (Å²) in [6.07, 6.45) is 1.63. The third kappa shape index (κ3) is 4.52. The Morgan fingerprint density at radius 1 is 0.929 bits per heavy atom. The molecule has 0 saturated carbocycles. The maximum absolute atomic E-state index is 11.9. The molecule has 1 aromatic heterocycles. The fraction of sp³-hybridized carbons (Fsp3) is 0.208. The standard InChI is InChI=1S/C24H24N2O2/c1-24(2,3)21(23(27)28)19-14-15-25-20(16-19)26-22(17-10-6-4-7-11-17)18-12-8-5-9-13-18/h4-16,21H,1-3H3,(H,27,28). The molecule has 28 heavy (non-hydrogen) atoms. The Morgan fingerprint density at radius 3 is 1.93 bits per heavy atom. The van der Waals surface area contributed by atoms with Crippen molar-refractivity contribution in [2.75, 3.05) is 0 Å². The van der Waals surface area contributed by atoms with Crippen LogP contribution in [-0.2, 0) is 4.79 Å². The molecule has 0 aliphatic carbocycles. The van der Waals surface area contributed by atoms with Crippen molar-refractivity contribution >= 4 is 17.5 Å². The summed E-state index contributed by atoms with van der Waals surface area (Å²) in [6, 6.07) is 23.4. The van der Waals surface area contributed by atoms with E-state index in [1.54, 1.807) is 18.3 Å². The number of carboxylic acids is 1. The van der Waals surface area contributed by atoms with E-state index in [4.69, 9.17) is 4.99 Å². The zero-order valence-corrected chi connectivity index (χ0v) is 16.3. The number of aliphatic carboxylic acids is 1. The second-order valence-electron chi connectivity index (χ2n) is 7.78. The lowest BCUT2D eigenvalue weighted by Gasteiger charge is -2.27. The van der Waals surface area contributed by atoms with Gasteiger partial charge in [0, 0.05) is 17.3 Å². The number of hydrogen-bond acceptors (Lipinski definition) is 3. The molecule has 2 aromatic carbocycles. The predicted molar refractivity (Wildman–Crippen MR) is 112 cm³/mol. The minimum Gasteiger partial charge on any atom is -0.481 e. The highest BCUT2D eigenvalue weighted by Gasteiger charge is 2.32. The van der Waals surface area contributed by atoms with Crippen molar-refractivity contribution in [3.05, 3.63) is 95.7 Å². The Bertz CT molecular complexity index is 933. The van der Waals surface area contributed by atoms with Gasteiger partial charge in [0.05, 0.1) is 11.6 Å². The van der Waals surface area contributed by atoms with Gasteiger partial charge in [0.1, 0.15) is 0 Å². The van der Waals surface area contributed by atoms with Crippen LogP contribution < -0.4 is 0 Å². The van der Waals surface area contributed by atoms with Gasteiger partial charge in [-0.1, -0.05) is 81.4 Å². The van der Waals surface area contributed by atoms with Gasteiger partial charge in [-0.3, -0.25) is 4.79 Å². The highest BCUT2D eigenvalue weighted by molar-refractivity contribution is 6.13. The quantitative estimate of drug-likeness (QED) is 0.605. The summed E-state index contributed by atoms with van der Waals surface area (Å²) in [5.41, 5.74) is 3.04. The first kappa shape index (κ1) is 19.5. The lowest BCUT2D eigenvalue weighted by Crippen LogP contribution is -2.26. The topological polar surface area (TPSA) is 62.5 Å². The highest BCUT2D eigenvalue weighted by atomic mass is 16.4. The van der Waals surface area contributed by atoms with Crippen LogP contribution >= 0.6 is 0 Å². The van der Waals surface area contributed by atoms with Gasteiger partial charge >= 0.3 is 5.97 Å². The molecule has 1 atom stereocenters. The van der Waals surface area contributed by atoms with E-state index in [1.807, 2.05) is 81.4 Å². The molecule has 0 radical (unpaired) electrons. The van der Waals surface area contributed by atoms with E-state index < -0.39 is 17.3 Å². The maximum Gasteiger partial charge on any atom is 0.311 e. The summed E-state index contributed by atoms with van der Waals surface area (Å²) >= 11 is 0. The third-order valence-electron chi connectivity index (χ3n) is 4.54. The fourth-order valence-electron chi connectivity index (χ4n) is 3.29. The number of hydrogen-bond donors (Lipinski definition) is 1. The van der Waals surface area contributed by atoms with Crippen molar-refractivity contribution in [1.82, 2.24) is 4.98 Å². The number of pyridine rings is 1. The molecule has 1 heterocycles. The Hall–Kier alpha value is -3.27. The molecule has 1 N–H and O–H groups in total. The normalized spacial score (nSPS) is 12.2. The molecular weight excluding hydrogens is 348 g/mol. The van der Waals surface area contributed by atoms with E-state index in [9.17, 15) is 9.90 Å². The molecule has 3 aromatic rings. The summed E-state index contributed by atoms with van der Waals surface area (Å²) in [5.74, 6) is -0.989. The Kier molecular flexibility index (Phi) is 5.69. The molecular formula is C24H24N2O2. The Balaban J connectivity index is 2.10. The summed E-state index contributed by atoms with van der Waals surface area (Å²) in [7, 11) is 0. The van der Waals surface area contributed by atoms with Crippen molar-refractivity contribution in [2.24, 2.45) is 10.4 Å². The fourth-order valence-corrected chi connectivity index (χ4v) is 3.29. The average molecular weight is 372 g/mol. The number of aliphatic imine (C=N–C) groups is 1. The second kappa shape index (κ2) is 8.17. The molecule has 4 nitrogen and oxygen atoms in total. The van der Waals surface area contributed by atoms with Crippen molar-refractivity contribution in [3.8, 4) is 0 Å². The van der Waals surface area contributed by atoms with Crippen LogP contribution in [0.15, 0.2) is 84.0 Å². The molecule has 0 fully saturated rings. The van der Waals surface area contributed by atoms with E-state index in [0.717, 1.165) is 16.8 Å². The predicted octanol–water partition coefficient (Wildman–Crippen LogP) is 5.47. The maximum atomic E-state index is 11.9. The van der Waals surface area contributed by atoms with Gasteiger partial charge in [-0.15, -0.1) is 0 Å². The molecule has 0 spiro atoms. The van der Waals surface area contributed by atoms with Crippen molar-refractivity contribution in [1.29, 1.82) is 0 Å². The largest absolute Gasteiger partial charge is 0.481 e. The van der Waals surface area contributed by atoms with Gasteiger partial charge in [0.15, 0.2) is 5.82 Å². The van der Waals surface area contributed by atoms with Gasteiger partial charge in [-0.25, -0.2) is 9.98 Å². The number of aromatic nitrogens is 1. The lowest BCUT2D eigenvalue weighted by molar-refractivity contribution is -0.141. The third-order valence-corrected chi connectivity index (χ3v) is 4.54. The number of carbonyl (C=O) groups is 1. The first-order chi connectivity index (χ1) is 13.4. The van der Waals surface area contributed by atoms with Crippen LogP contribution in [-0.4, -0.2) is 21.8 Å². The minimum atomic E-state index is -0.847. The monoisotopic (exact) mass is 372 g/mol. The zero-order valence-electron chi connectivity index (χ0n) is 16.3. The zero-order chi connectivity index (χ0) is 20.1. The van der Waals surface area contributed by atoms with E-state index in [2.05, 4.69) is 4.98 Å². The van der Waals surface area contributed by atoms with Crippen LogP contribution in [0.1, 0.15) is 43.4 Å². The Morgan fingerprint density at radius 2 is 1.46 bits per heavy atom. The average Bonchev–Trinajstić information content (AvgIpc) is 2.66. The van der Waals surface area contributed by atoms with Crippen LogP contribution in [0.3, 0.4) is 0 Å². The first-order valence-electron chi connectivity index (χ1n) is 9.24. The second-order valence-corrected chi connectivity index (χ2v) is 7.78. The summed E-state index contributed by atoms with van der Waals surface area (Å²) in [6.45, 7) is 5.78. The van der Waals surface area contributed by atoms with Crippen molar-refractivity contribution < 1.29 is 9.90 Å². The number of benzene rings is 2. The SMILES string of the molecule is CC(C)(C)C(C(=O)O)c1ccnc(N=C(c2ccccc2)c2ccccc2)c1. The Labute approximate surface area is 165 Å². The molecule has 0 aliphatic heterocycles. The molecule has 0 saturated heterocycles. The van der Waals surface area contributed by atoms with E-state index >= 15 is 0 Å². The minimum absolute atomic E-state index is 0.421. The number of rotatable bonds is 5. The van der Waals surface area contributed by atoms with Crippen molar-refractivity contribution in [2.45, 2.75) is 26.7 Å². The van der Waals surface area contributed by atoms with Gasteiger partial charge < -0.3 is 5.11 Å². The molecule has 142 valence electrons. The van der Waals surface area contributed by atoms with Crippen LogP contribution in [0.2, 0.25) is 0 Å². The van der Waals surface area contributed by atoms with Gasteiger partial charge in [-0.05, 0) is 23.1 Å². The molecule has 3 rings (SSSR count). The van der Waals surface area contributed by atoms with Gasteiger partial charge in [-0.2, -0.15) is 0 Å². The van der Waals surface area contributed by atoms with E-state index in [1.165, 1.54) is 0 Å². The molecule has 1 unspecified atom stereocenters. The van der Waals surface area contributed by atoms with Crippen LogP contribution in [0.4, 0.5) is 5.82 Å². The first-order valence-corrected chi connectivity index (χ1v) is 9.24.